The maximum Gasteiger partial charge on any atom is 0.280 e. The Labute approximate surface area is 66.2 Å². The number of aliphatic hydroxyl groups is 1. The van der Waals surface area contributed by atoms with E-state index in [1.165, 1.54) is 6.92 Å². The Bertz CT molecular complexity index is 201. The maximum atomic E-state index is 10.4. The summed E-state index contributed by atoms with van der Waals surface area (Å²) in [5, 5.41) is 9.95. The largest absolute Gasteiger partial charge is 0.395 e. The predicted octanol–water partition coefficient (Wildman–Crippen LogP) is -0.809. The van der Waals surface area contributed by atoms with Crippen molar-refractivity contribution in [3.63, 3.8) is 0 Å². The van der Waals surface area contributed by atoms with Gasteiger partial charge < -0.3 is 5.11 Å². The molecule has 11 heavy (non-hydrogen) atoms. The fraction of sp³-hybridized carbons (Fsp3) is 1.00. The lowest BCUT2D eigenvalue weighted by atomic mass is 10.4. The van der Waals surface area contributed by atoms with Gasteiger partial charge in [-0.1, -0.05) is 0 Å². The molecule has 3 N–H and O–H groups in total. The number of hydrogen-bond acceptors (Lipinski definition) is 4. The van der Waals surface area contributed by atoms with Gasteiger partial charge in [-0.15, -0.1) is 0 Å². The van der Waals surface area contributed by atoms with Gasteiger partial charge in [-0.25, -0.2) is 0 Å². The summed E-state index contributed by atoms with van der Waals surface area (Å²) in [7, 11) is -4.03. The van der Waals surface area contributed by atoms with Gasteiger partial charge in [0.2, 0.25) is 0 Å². The van der Waals surface area contributed by atoms with Gasteiger partial charge in [-0.05, 0) is 13.8 Å². The molecule has 0 spiro atoms. The zero-order valence-electron chi connectivity index (χ0n) is 6.48. The first-order chi connectivity index (χ1) is 4.88. The first-order valence-corrected chi connectivity index (χ1v) is 4.71. The molecule has 0 amide bonds. The molecule has 6 heteroatoms. The third kappa shape index (κ3) is 4.31. The van der Waals surface area contributed by atoms with Crippen molar-refractivity contribution < 1.29 is 18.1 Å². The van der Waals surface area contributed by atoms with Crippen molar-refractivity contribution in [2.45, 2.75) is 25.3 Å². The molecule has 0 radical (unpaired) electrons. The molecule has 0 bridgehead atoms. The fourth-order valence-electron chi connectivity index (χ4n) is 0.539. The van der Waals surface area contributed by atoms with Crippen LogP contribution in [0.2, 0.25) is 0 Å². The highest BCUT2D eigenvalue weighted by atomic mass is 32.2. The standard InChI is InChI=1S/C5H13NO4S/c1-4(3-7)6-5(2)11(8,9)10/h4-7H,3H2,1-2H3,(H,8,9,10). The van der Waals surface area contributed by atoms with Crippen molar-refractivity contribution in [2.24, 2.45) is 0 Å². The van der Waals surface area contributed by atoms with Crippen LogP contribution in [0.3, 0.4) is 0 Å². The first kappa shape index (κ1) is 10.8. The summed E-state index contributed by atoms with van der Waals surface area (Å²) in [5.74, 6) is 0. The van der Waals surface area contributed by atoms with E-state index >= 15 is 0 Å². The Morgan fingerprint density at radius 3 is 2.18 bits per heavy atom. The fourth-order valence-corrected chi connectivity index (χ4v) is 0.944. The normalized spacial score (nSPS) is 17.8. The van der Waals surface area contributed by atoms with E-state index in [0.717, 1.165) is 0 Å². The predicted molar refractivity (Wildman–Crippen MR) is 40.7 cm³/mol. The molecule has 68 valence electrons. The minimum atomic E-state index is -4.03. The second kappa shape index (κ2) is 4.01. The lowest BCUT2D eigenvalue weighted by Crippen LogP contribution is -2.41. The van der Waals surface area contributed by atoms with Crippen molar-refractivity contribution >= 4 is 10.1 Å². The molecule has 5 nitrogen and oxygen atoms in total. The molecular weight excluding hydrogens is 170 g/mol. The summed E-state index contributed by atoms with van der Waals surface area (Å²) in [5.41, 5.74) is 0. The Hall–Kier alpha value is -0.170. The minimum Gasteiger partial charge on any atom is -0.395 e. The van der Waals surface area contributed by atoms with Crippen LogP contribution in [0.5, 0.6) is 0 Å². The summed E-state index contributed by atoms with van der Waals surface area (Å²) in [6.07, 6.45) is 0. The summed E-state index contributed by atoms with van der Waals surface area (Å²) < 4.78 is 29.2. The van der Waals surface area contributed by atoms with Gasteiger partial charge in [0.05, 0.1) is 6.61 Å². The zero-order chi connectivity index (χ0) is 9.07. The van der Waals surface area contributed by atoms with Gasteiger partial charge in [0.25, 0.3) is 10.1 Å². The maximum absolute atomic E-state index is 10.4. The van der Waals surface area contributed by atoms with E-state index in [9.17, 15) is 8.42 Å². The Morgan fingerprint density at radius 1 is 1.45 bits per heavy atom. The smallest absolute Gasteiger partial charge is 0.280 e. The molecule has 0 saturated heterocycles. The van der Waals surface area contributed by atoms with Gasteiger partial charge in [0, 0.05) is 6.04 Å². The molecule has 0 aromatic carbocycles. The second-order valence-electron chi connectivity index (χ2n) is 2.41. The van der Waals surface area contributed by atoms with Gasteiger partial charge in [0.15, 0.2) is 0 Å². The van der Waals surface area contributed by atoms with Crippen molar-refractivity contribution in [1.29, 1.82) is 0 Å². The molecule has 0 aromatic rings. The third-order valence-corrected chi connectivity index (χ3v) is 2.27. The zero-order valence-corrected chi connectivity index (χ0v) is 7.30. The van der Waals surface area contributed by atoms with E-state index in [0.29, 0.717) is 0 Å². The SMILES string of the molecule is CC(CO)NC(C)S(=O)(=O)O. The van der Waals surface area contributed by atoms with Crippen molar-refractivity contribution in [1.82, 2.24) is 5.32 Å². The van der Waals surface area contributed by atoms with E-state index in [1.807, 2.05) is 0 Å². The van der Waals surface area contributed by atoms with Crippen molar-refractivity contribution in [3.8, 4) is 0 Å². The highest BCUT2D eigenvalue weighted by Gasteiger charge is 2.18. The highest BCUT2D eigenvalue weighted by molar-refractivity contribution is 7.86. The van der Waals surface area contributed by atoms with E-state index in [1.54, 1.807) is 6.92 Å². The van der Waals surface area contributed by atoms with Crippen LogP contribution < -0.4 is 5.32 Å². The van der Waals surface area contributed by atoms with Gasteiger partial charge in [-0.3, -0.25) is 9.87 Å². The molecule has 2 atom stereocenters. The Kier molecular flexibility index (Phi) is 3.95. The van der Waals surface area contributed by atoms with E-state index < -0.39 is 15.5 Å². The first-order valence-electron chi connectivity index (χ1n) is 3.21. The summed E-state index contributed by atoms with van der Waals surface area (Å²) in [6.45, 7) is 2.75. The van der Waals surface area contributed by atoms with E-state index in [2.05, 4.69) is 5.32 Å². The number of rotatable bonds is 4. The summed E-state index contributed by atoms with van der Waals surface area (Å²) in [6, 6.07) is -0.341. The van der Waals surface area contributed by atoms with Crippen LogP contribution in [-0.2, 0) is 10.1 Å². The molecule has 2 unspecified atom stereocenters. The van der Waals surface area contributed by atoms with Crippen molar-refractivity contribution in [3.05, 3.63) is 0 Å². The van der Waals surface area contributed by atoms with Crippen LogP contribution in [0.4, 0.5) is 0 Å². The average Bonchev–Trinajstić information content (AvgIpc) is 1.85. The second-order valence-corrected chi connectivity index (χ2v) is 4.14. The Balaban J connectivity index is 3.98. The van der Waals surface area contributed by atoms with E-state index in [4.69, 9.17) is 9.66 Å². The molecule has 0 aliphatic heterocycles. The molecule has 0 aliphatic carbocycles. The molecule has 0 fully saturated rings. The summed E-state index contributed by atoms with van der Waals surface area (Å²) in [4.78, 5) is 0. The van der Waals surface area contributed by atoms with Crippen LogP contribution in [0, 0.1) is 0 Å². The van der Waals surface area contributed by atoms with Gasteiger partial charge in [0.1, 0.15) is 5.37 Å². The molecule has 0 heterocycles. The summed E-state index contributed by atoms with van der Waals surface area (Å²) >= 11 is 0. The minimum absolute atomic E-state index is 0.167. The lowest BCUT2D eigenvalue weighted by Gasteiger charge is -2.14. The number of nitrogens with one attached hydrogen (secondary N) is 1. The molecule has 0 rings (SSSR count). The Morgan fingerprint density at radius 2 is 1.91 bits per heavy atom. The molecule has 0 aliphatic rings. The van der Waals surface area contributed by atoms with Crippen LogP contribution >= 0.6 is 0 Å². The van der Waals surface area contributed by atoms with Gasteiger partial charge in [-0.2, -0.15) is 8.42 Å². The molecule has 0 aromatic heterocycles. The molecular formula is C5H13NO4S. The number of aliphatic hydroxyl groups excluding tert-OH is 1. The molecule has 0 saturated carbocycles. The van der Waals surface area contributed by atoms with Gasteiger partial charge >= 0.3 is 0 Å². The third-order valence-electron chi connectivity index (χ3n) is 1.24. The van der Waals surface area contributed by atoms with Crippen molar-refractivity contribution in [2.75, 3.05) is 6.61 Å². The van der Waals surface area contributed by atoms with Crippen LogP contribution in [0.15, 0.2) is 0 Å². The highest BCUT2D eigenvalue weighted by Crippen LogP contribution is 1.94. The number of hydrogen-bond donors (Lipinski definition) is 3. The monoisotopic (exact) mass is 183 g/mol. The topological polar surface area (TPSA) is 86.6 Å². The lowest BCUT2D eigenvalue weighted by molar-refractivity contribution is 0.249. The quantitative estimate of drug-likeness (QED) is 0.496. The van der Waals surface area contributed by atoms with Crippen LogP contribution in [0.1, 0.15) is 13.8 Å². The van der Waals surface area contributed by atoms with Crippen LogP contribution in [-0.4, -0.2) is 36.1 Å². The average molecular weight is 183 g/mol. The van der Waals surface area contributed by atoms with Crippen LogP contribution in [0.25, 0.3) is 0 Å². The van der Waals surface area contributed by atoms with E-state index in [-0.39, 0.29) is 12.6 Å².